The fraction of sp³-hybridized carbons (Fsp3) is 0.100. The van der Waals surface area contributed by atoms with Gasteiger partial charge in [-0.15, -0.1) is 0 Å². The van der Waals surface area contributed by atoms with E-state index in [0.29, 0.717) is 11.1 Å². The van der Waals surface area contributed by atoms with E-state index in [1.54, 1.807) is 24.3 Å². The molecule has 76 valence electrons. The molecule has 0 fully saturated rings. The smallest absolute Gasteiger partial charge is 0.193 e. The van der Waals surface area contributed by atoms with E-state index in [-0.39, 0.29) is 16.7 Å². The van der Waals surface area contributed by atoms with E-state index >= 15 is 0 Å². The fourth-order valence-electron chi connectivity index (χ4n) is 1.62. The second kappa shape index (κ2) is 3.43. The highest BCUT2D eigenvalue weighted by atomic mass is 32.1. The molecule has 5 heteroatoms. The van der Waals surface area contributed by atoms with Gasteiger partial charge in [-0.3, -0.25) is 9.59 Å². The van der Waals surface area contributed by atoms with Crippen LogP contribution in [0.5, 0.6) is 0 Å². The molecule has 0 aromatic heterocycles. The number of hydrogen-bond donors (Lipinski definition) is 2. The molecule has 0 heterocycles. The number of rotatable bonds is 1. The SMILES string of the molecule is NC(=S)NC1C(=O)c2ccccc2C1=O. The lowest BCUT2D eigenvalue weighted by molar-refractivity contribution is 0.0881. The van der Waals surface area contributed by atoms with Crippen molar-refractivity contribution in [1.82, 2.24) is 5.32 Å². The quantitative estimate of drug-likeness (QED) is 0.525. The van der Waals surface area contributed by atoms with Crippen molar-refractivity contribution < 1.29 is 9.59 Å². The third kappa shape index (κ3) is 1.50. The highest BCUT2D eigenvalue weighted by Crippen LogP contribution is 2.21. The van der Waals surface area contributed by atoms with Crippen LogP contribution in [0.1, 0.15) is 20.7 Å². The summed E-state index contributed by atoms with van der Waals surface area (Å²) < 4.78 is 0. The zero-order valence-electron chi connectivity index (χ0n) is 7.69. The van der Waals surface area contributed by atoms with E-state index in [4.69, 9.17) is 5.73 Å². The maximum atomic E-state index is 11.7. The van der Waals surface area contributed by atoms with Gasteiger partial charge in [-0.05, 0) is 12.2 Å². The number of carbonyl (C=O) groups excluding carboxylic acids is 2. The molecule has 0 bridgehead atoms. The third-order valence-corrected chi connectivity index (χ3v) is 2.39. The van der Waals surface area contributed by atoms with Crippen molar-refractivity contribution >= 4 is 28.9 Å². The fourth-order valence-corrected chi connectivity index (χ4v) is 1.73. The number of nitrogens with one attached hydrogen (secondary N) is 1. The van der Waals surface area contributed by atoms with Gasteiger partial charge in [0.1, 0.15) is 0 Å². The summed E-state index contributed by atoms with van der Waals surface area (Å²) in [6.07, 6.45) is 0. The first-order valence-corrected chi connectivity index (χ1v) is 4.75. The van der Waals surface area contributed by atoms with Crippen LogP contribution in [0.2, 0.25) is 0 Å². The molecule has 1 aromatic rings. The molecule has 0 saturated heterocycles. The first-order chi connectivity index (χ1) is 7.11. The van der Waals surface area contributed by atoms with E-state index < -0.39 is 6.04 Å². The van der Waals surface area contributed by atoms with Gasteiger partial charge in [-0.1, -0.05) is 24.3 Å². The van der Waals surface area contributed by atoms with Gasteiger partial charge in [-0.25, -0.2) is 0 Å². The molecule has 15 heavy (non-hydrogen) atoms. The largest absolute Gasteiger partial charge is 0.376 e. The molecule has 4 nitrogen and oxygen atoms in total. The van der Waals surface area contributed by atoms with Gasteiger partial charge in [0.05, 0.1) is 0 Å². The number of nitrogens with two attached hydrogens (primary N) is 1. The summed E-state index contributed by atoms with van der Waals surface area (Å²) in [6, 6.07) is 5.73. The minimum absolute atomic E-state index is 0.0468. The van der Waals surface area contributed by atoms with Gasteiger partial charge in [0.15, 0.2) is 22.7 Å². The van der Waals surface area contributed by atoms with Gasteiger partial charge in [-0.2, -0.15) is 0 Å². The first-order valence-electron chi connectivity index (χ1n) is 4.34. The highest BCUT2D eigenvalue weighted by molar-refractivity contribution is 7.80. The summed E-state index contributed by atoms with van der Waals surface area (Å²) in [6.45, 7) is 0. The van der Waals surface area contributed by atoms with Crippen molar-refractivity contribution in [3.8, 4) is 0 Å². The van der Waals surface area contributed by atoms with Crippen molar-refractivity contribution in [2.24, 2.45) is 5.73 Å². The van der Waals surface area contributed by atoms with Gasteiger partial charge in [0.25, 0.3) is 0 Å². The van der Waals surface area contributed by atoms with E-state index in [0.717, 1.165) is 0 Å². The average molecular weight is 220 g/mol. The van der Waals surface area contributed by atoms with E-state index in [1.807, 2.05) is 0 Å². The zero-order valence-corrected chi connectivity index (χ0v) is 8.51. The Hall–Kier alpha value is -1.75. The molecule has 1 aromatic carbocycles. The minimum Gasteiger partial charge on any atom is -0.376 e. The number of Topliss-reactive ketones (excluding diaryl/α,β-unsaturated/α-hetero) is 2. The van der Waals surface area contributed by atoms with Crippen molar-refractivity contribution in [2.75, 3.05) is 0 Å². The Morgan fingerprint density at radius 3 is 2.07 bits per heavy atom. The summed E-state index contributed by atoms with van der Waals surface area (Å²) in [4.78, 5) is 23.5. The second-order valence-electron chi connectivity index (χ2n) is 3.22. The molecule has 2 rings (SSSR count). The van der Waals surface area contributed by atoms with Crippen molar-refractivity contribution in [3.63, 3.8) is 0 Å². The van der Waals surface area contributed by atoms with Crippen molar-refractivity contribution in [3.05, 3.63) is 35.4 Å². The highest BCUT2D eigenvalue weighted by Gasteiger charge is 2.38. The maximum Gasteiger partial charge on any atom is 0.193 e. The van der Waals surface area contributed by atoms with Gasteiger partial charge < -0.3 is 11.1 Å². The zero-order chi connectivity index (χ0) is 11.0. The van der Waals surface area contributed by atoms with E-state index in [1.165, 1.54) is 0 Å². The Morgan fingerprint density at radius 2 is 1.67 bits per heavy atom. The minimum atomic E-state index is -0.945. The van der Waals surface area contributed by atoms with Crippen LogP contribution >= 0.6 is 12.2 Å². The number of fused-ring (bicyclic) bond motifs is 1. The Morgan fingerprint density at radius 1 is 1.20 bits per heavy atom. The Balaban J connectivity index is 2.41. The molecule has 0 aliphatic heterocycles. The second-order valence-corrected chi connectivity index (χ2v) is 3.66. The Bertz CT molecular complexity index is 435. The van der Waals surface area contributed by atoms with Crippen LogP contribution < -0.4 is 11.1 Å². The Labute approximate surface area is 91.5 Å². The average Bonchev–Trinajstić information content (AvgIpc) is 2.44. The normalized spacial score (nSPS) is 15.2. The van der Waals surface area contributed by atoms with Crippen LogP contribution in [0.25, 0.3) is 0 Å². The van der Waals surface area contributed by atoms with E-state index in [2.05, 4.69) is 17.5 Å². The summed E-state index contributed by atoms with van der Waals surface area (Å²) in [5.74, 6) is -0.549. The predicted octanol–water partition coefficient (Wildman–Crippen LogP) is 0.267. The molecule has 0 spiro atoms. The lowest BCUT2D eigenvalue weighted by atomic mass is 10.1. The van der Waals surface area contributed by atoms with Crippen molar-refractivity contribution in [1.29, 1.82) is 0 Å². The summed E-state index contributed by atoms with van der Waals surface area (Å²) in [7, 11) is 0. The standard InChI is InChI=1S/C10H8N2O2S/c11-10(15)12-7-8(13)5-3-1-2-4-6(5)9(7)14/h1-4,7H,(H3,11,12,15). The van der Waals surface area contributed by atoms with Crippen LogP contribution in [-0.2, 0) is 0 Å². The van der Waals surface area contributed by atoms with Gasteiger partial charge >= 0.3 is 0 Å². The lowest BCUT2D eigenvalue weighted by Crippen LogP contribution is -2.44. The number of carbonyl (C=O) groups is 2. The molecular formula is C10H8N2O2S. The molecule has 0 amide bonds. The summed E-state index contributed by atoms with van der Waals surface area (Å²) >= 11 is 4.61. The molecular weight excluding hydrogens is 212 g/mol. The van der Waals surface area contributed by atoms with Crippen molar-refractivity contribution in [2.45, 2.75) is 6.04 Å². The monoisotopic (exact) mass is 220 g/mol. The molecule has 0 saturated carbocycles. The van der Waals surface area contributed by atoms with Gasteiger partial charge in [0, 0.05) is 11.1 Å². The molecule has 3 N–H and O–H groups in total. The van der Waals surface area contributed by atoms with Crippen LogP contribution in [0.15, 0.2) is 24.3 Å². The lowest BCUT2D eigenvalue weighted by Gasteiger charge is -2.08. The van der Waals surface area contributed by atoms with Crippen LogP contribution in [-0.4, -0.2) is 22.7 Å². The number of hydrogen-bond acceptors (Lipinski definition) is 3. The molecule has 0 radical (unpaired) electrons. The number of ketones is 2. The van der Waals surface area contributed by atoms with Crippen LogP contribution in [0.3, 0.4) is 0 Å². The topological polar surface area (TPSA) is 72.2 Å². The maximum absolute atomic E-state index is 11.7. The summed E-state index contributed by atoms with van der Waals surface area (Å²) in [5, 5.41) is 2.45. The van der Waals surface area contributed by atoms with Gasteiger partial charge in [0.2, 0.25) is 0 Å². The van der Waals surface area contributed by atoms with E-state index in [9.17, 15) is 9.59 Å². The molecule has 0 atom stereocenters. The van der Waals surface area contributed by atoms with Crippen LogP contribution in [0, 0.1) is 0 Å². The third-order valence-electron chi connectivity index (χ3n) is 2.27. The summed E-state index contributed by atoms with van der Waals surface area (Å²) in [5.41, 5.74) is 6.10. The molecule has 0 unspecified atom stereocenters. The number of thiocarbonyl (C=S) groups is 1. The molecule has 1 aliphatic rings. The number of benzene rings is 1. The first kappa shape index (κ1) is 9.79. The predicted molar refractivity (Wildman–Crippen MR) is 58.8 cm³/mol. The Kier molecular flexibility index (Phi) is 2.24. The van der Waals surface area contributed by atoms with Crippen LogP contribution in [0.4, 0.5) is 0 Å². The molecule has 1 aliphatic carbocycles.